The van der Waals surface area contributed by atoms with Gasteiger partial charge in [-0.1, -0.05) is 19.9 Å². The Morgan fingerprint density at radius 2 is 2.19 bits per heavy atom. The summed E-state index contributed by atoms with van der Waals surface area (Å²) in [6, 6.07) is 7.06. The summed E-state index contributed by atoms with van der Waals surface area (Å²) in [5, 5.41) is 5.52. The van der Waals surface area contributed by atoms with Gasteiger partial charge >= 0.3 is 6.03 Å². The van der Waals surface area contributed by atoms with Crippen LogP contribution in [0.25, 0.3) is 0 Å². The maximum atomic E-state index is 11.5. The number of carbonyl (C=O) groups excluding carboxylic acids is 1. The molecular formula is C12H18N2O2. The van der Waals surface area contributed by atoms with Crippen molar-refractivity contribution in [3.05, 3.63) is 24.3 Å². The SMILES string of the molecule is COc1cccc(NC(=O)NCC(C)C)c1. The van der Waals surface area contributed by atoms with Gasteiger partial charge in [-0.2, -0.15) is 0 Å². The van der Waals surface area contributed by atoms with Crippen molar-refractivity contribution < 1.29 is 9.53 Å². The first-order chi connectivity index (χ1) is 7.61. The molecule has 0 aromatic heterocycles. The first-order valence-corrected chi connectivity index (χ1v) is 5.30. The van der Waals surface area contributed by atoms with Crippen molar-refractivity contribution in [2.75, 3.05) is 19.0 Å². The second-order valence-electron chi connectivity index (χ2n) is 3.96. The first kappa shape index (κ1) is 12.4. The third-order valence-corrected chi connectivity index (χ3v) is 2.00. The van der Waals surface area contributed by atoms with E-state index in [9.17, 15) is 4.79 Å². The van der Waals surface area contributed by atoms with Crippen molar-refractivity contribution in [2.24, 2.45) is 5.92 Å². The van der Waals surface area contributed by atoms with Gasteiger partial charge in [0.15, 0.2) is 0 Å². The molecule has 0 unspecified atom stereocenters. The quantitative estimate of drug-likeness (QED) is 0.822. The van der Waals surface area contributed by atoms with E-state index in [0.29, 0.717) is 12.5 Å². The predicted octanol–water partition coefficient (Wildman–Crippen LogP) is 2.47. The Labute approximate surface area is 96.0 Å². The summed E-state index contributed by atoms with van der Waals surface area (Å²) in [6.07, 6.45) is 0. The molecule has 4 heteroatoms. The third kappa shape index (κ3) is 4.21. The molecule has 0 saturated heterocycles. The lowest BCUT2D eigenvalue weighted by Crippen LogP contribution is -2.31. The smallest absolute Gasteiger partial charge is 0.319 e. The van der Waals surface area contributed by atoms with Gasteiger partial charge in [0.1, 0.15) is 5.75 Å². The Bertz CT molecular complexity index is 351. The number of hydrogen-bond donors (Lipinski definition) is 2. The number of carbonyl (C=O) groups is 1. The van der Waals surface area contributed by atoms with E-state index in [4.69, 9.17) is 4.74 Å². The van der Waals surface area contributed by atoms with Crippen LogP contribution >= 0.6 is 0 Å². The van der Waals surface area contributed by atoms with Crippen molar-refractivity contribution in [3.63, 3.8) is 0 Å². The Morgan fingerprint density at radius 1 is 1.44 bits per heavy atom. The number of urea groups is 1. The van der Waals surface area contributed by atoms with E-state index in [1.165, 1.54) is 0 Å². The molecule has 0 spiro atoms. The predicted molar refractivity (Wildman–Crippen MR) is 64.9 cm³/mol. The topological polar surface area (TPSA) is 50.4 Å². The lowest BCUT2D eigenvalue weighted by atomic mass is 10.2. The summed E-state index contributed by atoms with van der Waals surface area (Å²) in [5.41, 5.74) is 0.723. The van der Waals surface area contributed by atoms with E-state index in [1.54, 1.807) is 13.2 Å². The van der Waals surface area contributed by atoms with Crippen LogP contribution in [0.5, 0.6) is 5.75 Å². The molecule has 0 fully saturated rings. The number of ether oxygens (including phenoxy) is 1. The van der Waals surface area contributed by atoms with Crippen LogP contribution in [-0.4, -0.2) is 19.7 Å². The Kier molecular flexibility index (Phi) is 4.64. The molecule has 0 atom stereocenters. The number of hydrogen-bond acceptors (Lipinski definition) is 2. The van der Waals surface area contributed by atoms with E-state index in [-0.39, 0.29) is 6.03 Å². The lowest BCUT2D eigenvalue weighted by molar-refractivity contribution is 0.251. The molecule has 88 valence electrons. The van der Waals surface area contributed by atoms with Crippen molar-refractivity contribution in [1.82, 2.24) is 5.32 Å². The van der Waals surface area contributed by atoms with Gasteiger partial charge in [0.25, 0.3) is 0 Å². The minimum atomic E-state index is -0.193. The van der Waals surface area contributed by atoms with Crippen molar-refractivity contribution in [2.45, 2.75) is 13.8 Å². The molecule has 1 aromatic rings. The van der Waals surface area contributed by atoms with Crippen LogP contribution in [0.2, 0.25) is 0 Å². The molecule has 2 N–H and O–H groups in total. The van der Waals surface area contributed by atoms with Crippen LogP contribution in [0.4, 0.5) is 10.5 Å². The summed E-state index contributed by atoms with van der Waals surface area (Å²) in [4.78, 5) is 11.5. The number of benzene rings is 1. The van der Waals surface area contributed by atoms with Crippen LogP contribution in [0.15, 0.2) is 24.3 Å². The molecule has 0 saturated carbocycles. The van der Waals surface area contributed by atoms with Crippen molar-refractivity contribution in [3.8, 4) is 5.75 Å². The molecule has 1 aromatic carbocycles. The molecular weight excluding hydrogens is 204 g/mol. The molecule has 0 aliphatic heterocycles. The second kappa shape index (κ2) is 6.00. The number of amides is 2. The fourth-order valence-corrected chi connectivity index (χ4v) is 1.17. The number of rotatable bonds is 4. The summed E-state index contributed by atoms with van der Waals surface area (Å²) in [6.45, 7) is 4.76. The molecule has 16 heavy (non-hydrogen) atoms. The van der Waals surface area contributed by atoms with Gasteiger partial charge in [0.05, 0.1) is 7.11 Å². The fraction of sp³-hybridized carbons (Fsp3) is 0.417. The maximum Gasteiger partial charge on any atom is 0.319 e. The molecule has 4 nitrogen and oxygen atoms in total. The zero-order valence-electron chi connectivity index (χ0n) is 9.91. The highest BCUT2D eigenvalue weighted by atomic mass is 16.5. The zero-order chi connectivity index (χ0) is 12.0. The lowest BCUT2D eigenvalue weighted by Gasteiger charge is -2.10. The molecule has 0 radical (unpaired) electrons. The van der Waals surface area contributed by atoms with Gasteiger partial charge in [-0.3, -0.25) is 0 Å². The second-order valence-corrected chi connectivity index (χ2v) is 3.96. The summed E-state index contributed by atoms with van der Waals surface area (Å²) in [5.74, 6) is 1.16. The minimum absolute atomic E-state index is 0.193. The van der Waals surface area contributed by atoms with Gasteiger partial charge in [-0.15, -0.1) is 0 Å². The number of nitrogens with one attached hydrogen (secondary N) is 2. The molecule has 1 rings (SSSR count). The zero-order valence-corrected chi connectivity index (χ0v) is 9.91. The summed E-state index contributed by atoms with van der Waals surface area (Å²) in [7, 11) is 1.60. The van der Waals surface area contributed by atoms with E-state index >= 15 is 0 Å². The van der Waals surface area contributed by atoms with Crippen LogP contribution in [-0.2, 0) is 0 Å². The Morgan fingerprint density at radius 3 is 2.81 bits per heavy atom. The van der Waals surface area contributed by atoms with Gasteiger partial charge < -0.3 is 15.4 Å². The monoisotopic (exact) mass is 222 g/mol. The van der Waals surface area contributed by atoms with E-state index in [0.717, 1.165) is 11.4 Å². The summed E-state index contributed by atoms with van der Waals surface area (Å²) < 4.78 is 5.06. The van der Waals surface area contributed by atoms with Crippen LogP contribution in [0, 0.1) is 5.92 Å². The van der Waals surface area contributed by atoms with Crippen LogP contribution < -0.4 is 15.4 Å². The first-order valence-electron chi connectivity index (χ1n) is 5.30. The normalized spacial score (nSPS) is 10.0. The van der Waals surface area contributed by atoms with Gasteiger partial charge in [-0.25, -0.2) is 4.79 Å². The fourth-order valence-electron chi connectivity index (χ4n) is 1.17. The van der Waals surface area contributed by atoms with Gasteiger partial charge in [0.2, 0.25) is 0 Å². The average Bonchev–Trinajstić information content (AvgIpc) is 2.26. The van der Waals surface area contributed by atoms with Crippen molar-refractivity contribution in [1.29, 1.82) is 0 Å². The van der Waals surface area contributed by atoms with Crippen LogP contribution in [0.3, 0.4) is 0 Å². The van der Waals surface area contributed by atoms with Crippen LogP contribution in [0.1, 0.15) is 13.8 Å². The Balaban J connectivity index is 2.49. The highest BCUT2D eigenvalue weighted by Gasteiger charge is 2.02. The minimum Gasteiger partial charge on any atom is -0.497 e. The highest BCUT2D eigenvalue weighted by Crippen LogP contribution is 2.16. The molecule has 0 bridgehead atoms. The van der Waals surface area contributed by atoms with Gasteiger partial charge in [0, 0.05) is 18.3 Å². The van der Waals surface area contributed by atoms with E-state index in [2.05, 4.69) is 10.6 Å². The number of methoxy groups -OCH3 is 1. The van der Waals surface area contributed by atoms with E-state index in [1.807, 2.05) is 32.0 Å². The maximum absolute atomic E-state index is 11.5. The third-order valence-electron chi connectivity index (χ3n) is 2.00. The Hall–Kier alpha value is -1.71. The summed E-state index contributed by atoms with van der Waals surface area (Å²) >= 11 is 0. The van der Waals surface area contributed by atoms with E-state index < -0.39 is 0 Å². The van der Waals surface area contributed by atoms with Crippen molar-refractivity contribution >= 4 is 11.7 Å². The highest BCUT2D eigenvalue weighted by molar-refractivity contribution is 5.89. The molecule has 0 aliphatic carbocycles. The molecule has 0 aliphatic rings. The largest absolute Gasteiger partial charge is 0.497 e. The standard InChI is InChI=1S/C12H18N2O2/c1-9(2)8-13-12(15)14-10-5-4-6-11(7-10)16-3/h4-7,9H,8H2,1-3H3,(H2,13,14,15). The molecule has 2 amide bonds. The molecule has 0 heterocycles. The number of anilines is 1. The average molecular weight is 222 g/mol. The van der Waals surface area contributed by atoms with Gasteiger partial charge in [-0.05, 0) is 18.1 Å².